The third-order valence-corrected chi connectivity index (χ3v) is 3.19. The molecule has 88 valence electrons. The topological polar surface area (TPSA) is 62.1 Å². The quantitative estimate of drug-likeness (QED) is 0.771. The highest BCUT2D eigenvalue weighted by atomic mass is 16.5. The van der Waals surface area contributed by atoms with E-state index in [1.54, 1.807) is 12.1 Å². The second-order valence-corrected chi connectivity index (χ2v) is 4.13. The van der Waals surface area contributed by atoms with Gasteiger partial charge in [0.15, 0.2) is 0 Å². The predicted molar refractivity (Wildman–Crippen MR) is 62.3 cm³/mol. The second-order valence-electron chi connectivity index (χ2n) is 4.13. The lowest BCUT2D eigenvalue weighted by atomic mass is 9.88. The number of hydrogen-bond donors (Lipinski definition) is 1. The zero-order chi connectivity index (χ0) is 12.3. The minimum Gasteiger partial charge on any atom is -0.469 e. The maximum Gasteiger partial charge on any atom is 0.310 e. The molecule has 1 aromatic rings. The SMILES string of the molecule is COC(=O)[C@@H]1CNC[C@H]1c1ccc(C#N)cc1. The number of methoxy groups -OCH3 is 1. The summed E-state index contributed by atoms with van der Waals surface area (Å²) in [6, 6.07) is 9.46. The van der Waals surface area contributed by atoms with Gasteiger partial charge in [-0.05, 0) is 17.7 Å². The van der Waals surface area contributed by atoms with Crippen LogP contribution < -0.4 is 5.32 Å². The van der Waals surface area contributed by atoms with Gasteiger partial charge in [0.05, 0.1) is 24.7 Å². The number of esters is 1. The van der Waals surface area contributed by atoms with Crippen LogP contribution in [0.5, 0.6) is 0 Å². The lowest BCUT2D eigenvalue weighted by Gasteiger charge is -2.16. The fraction of sp³-hybridized carbons (Fsp3) is 0.385. The Morgan fingerprint density at radius 3 is 2.71 bits per heavy atom. The van der Waals surface area contributed by atoms with Crippen molar-refractivity contribution in [1.29, 1.82) is 5.26 Å². The number of hydrogen-bond acceptors (Lipinski definition) is 4. The van der Waals surface area contributed by atoms with Gasteiger partial charge in [-0.15, -0.1) is 0 Å². The van der Waals surface area contributed by atoms with Gasteiger partial charge in [-0.25, -0.2) is 0 Å². The zero-order valence-corrected chi connectivity index (χ0v) is 9.64. The van der Waals surface area contributed by atoms with Crippen LogP contribution in [0.2, 0.25) is 0 Å². The molecule has 1 aliphatic rings. The van der Waals surface area contributed by atoms with Gasteiger partial charge >= 0.3 is 5.97 Å². The van der Waals surface area contributed by atoms with E-state index < -0.39 is 0 Å². The Morgan fingerprint density at radius 2 is 2.12 bits per heavy atom. The van der Waals surface area contributed by atoms with Gasteiger partial charge in [-0.1, -0.05) is 12.1 Å². The number of ether oxygens (including phenoxy) is 1. The van der Waals surface area contributed by atoms with Gasteiger partial charge in [0, 0.05) is 19.0 Å². The van der Waals surface area contributed by atoms with Crippen LogP contribution in [0.4, 0.5) is 0 Å². The van der Waals surface area contributed by atoms with Gasteiger partial charge in [-0.2, -0.15) is 5.26 Å². The average Bonchev–Trinajstić information content (AvgIpc) is 2.87. The number of carbonyl (C=O) groups excluding carboxylic acids is 1. The summed E-state index contributed by atoms with van der Waals surface area (Å²) in [5.74, 6) is -0.174. The lowest BCUT2D eigenvalue weighted by molar-refractivity contribution is -0.145. The number of carbonyl (C=O) groups is 1. The van der Waals surface area contributed by atoms with E-state index in [4.69, 9.17) is 10.00 Å². The molecular weight excluding hydrogens is 216 g/mol. The molecule has 4 nitrogen and oxygen atoms in total. The van der Waals surface area contributed by atoms with E-state index in [1.165, 1.54) is 7.11 Å². The van der Waals surface area contributed by atoms with Crippen molar-refractivity contribution in [3.05, 3.63) is 35.4 Å². The molecular formula is C13H14N2O2. The average molecular weight is 230 g/mol. The first kappa shape index (κ1) is 11.6. The summed E-state index contributed by atoms with van der Waals surface area (Å²) in [6.07, 6.45) is 0. The normalized spacial score (nSPS) is 23.1. The van der Waals surface area contributed by atoms with E-state index >= 15 is 0 Å². The van der Waals surface area contributed by atoms with E-state index in [9.17, 15) is 4.79 Å². The van der Waals surface area contributed by atoms with Gasteiger partial charge in [-0.3, -0.25) is 4.79 Å². The molecule has 1 N–H and O–H groups in total. The van der Waals surface area contributed by atoms with Crippen molar-refractivity contribution in [1.82, 2.24) is 5.32 Å². The first-order valence-corrected chi connectivity index (χ1v) is 5.55. The highest BCUT2D eigenvalue weighted by Crippen LogP contribution is 2.29. The highest BCUT2D eigenvalue weighted by molar-refractivity contribution is 5.74. The molecule has 0 aliphatic carbocycles. The number of nitriles is 1. The van der Waals surface area contributed by atoms with Crippen LogP contribution >= 0.6 is 0 Å². The first-order chi connectivity index (χ1) is 8.26. The smallest absolute Gasteiger partial charge is 0.310 e. The van der Waals surface area contributed by atoms with Crippen molar-refractivity contribution >= 4 is 5.97 Å². The molecule has 0 aromatic heterocycles. The minimum atomic E-state index is -0.177. The van der Waals surface area contributed by atoms with Crippen molar-refractivity contribution in [3.8, 4) is 6.07 Å². The molecule has 2 rings (SSSR count). The summed E-state index contributed by atoms with van der Waals surface area (Å²) in [5.41, 5.74) is 1.71. The molecule has 1 aromatic carbocycles. The Kier molecular flexibility index (Phi) is 3.40. The van der Waals surface area contributed by atoms with E-state index in [0.29, 0.717) is 12.1 Å². The highest BCUT2D eigenvalue weighted by Gasteiger charge is 2.34. The molecule has 0 spiro atoms. The Bertz CT molecular complexity index is 447. The van der Waals surface area contributed by atoms with Crippen molar-refractivity contribution < 1.29 is 9.53 Å². The third-order valence-electron chi connectivity index (χ3n) is 3.19. The van der Waals surface area contributed by atoms with Gasteiger partial charge in [0.1, 0.15) is 0 Å². The zero-order valence-electron chi connectivity index (χ0n) is 9.64. The number of rotatable bonds is 2. The standard InChI is InChI=1S/C13H14N2O2/c1-17-13(16)12-8-15-7-11(12)10-4-2-9(6-14)3-5-10/h2-5,11-12,15H,7-8H2,1H3/t11-,12+/m0/s1. The Labute approximate surface area is 100 Å². The van der Waals surface area contributed by atoms with Crippen molar-refractivity contribution in [2.45, 2.75) is 5.92 Å². The molecule has 4 heteroatoms. The summed E-state index contributed by atoms with van der Waals surface area (Å²) in [6.45, 7) is 1.42. The largest absolute Gasteiger partial charge is 0.469 e. The molecule has 1 heterocycles. The van der Waals surface area contributed by atoms with Gasteiger partial charge < -0.3 is 10.1 Å². The van der Waals surface area contributed by atoms with Crippen LogP contribution in [0.15, 0.2) is 24.3 Å². The fourth-order valence-electron chi connectivity index (χ4n) is 2.23. The maximum absolute atomic E-state index is 11.6. The summed E-state index contributed by atoms with van der Waals surface area (Å²) >= 11 is 0. The molecule has 1 aliphatic heterocycles. The Balaban J connectivity index is 2.20. The molecule has 0 unspecified atom stereocenters. The van der Waals surface area contributed by atoms with E-state index in [-0.39, 0.29) is 17.8 Å². The van der Waals surface area contributed by atoms with Crippen LogP contribution in [-0.4, -0.2) is 26.2 Å². The number of nitrogens with one attached hydrogen (secondary N) is 1. The minimum absolute atomic E-state index is 0.132. The van der Waals surface area contributed by atoms with Crippen LogP contribution in [0, 0.1) is 17.2 Å². The van der Waals surface area contributed by atoms with E-state index in [2.05, 4.69) is 11.4 Å². The molecule has 0 bridgehead atoms. The monoisotopic (exact) mass is 230 g/mol. The van der Waals surface area contributed by atoms with Crippen molar-refractivity contribution in [2.75, 3.05) is 20.2 Å². The van der Waals surface area contributed by atoms with Crippen molar-refractivity contribution in [3.63, 3.8) is 0 Å². The van der Waals surface area contributed by atoms with Crippen LogP contribution in [-0.2, 0) is 9.53 Å². The first-order valence-electron chi connectivity index (χ1n) is 5.55. The van der Waals surface area contributed by atoms with Crippen LogP contribution in [0.25, 0.3) is 0 Å². The number of nitrogens with zero attached hydrogens (tertiary/aromatic N) is 1. The van der Waals surface area contributed by atoms with Crippen molar-refractivity contribution in [2.24, 2.45) is 5.92 Å². The molecule has 2 atom stereocenters. The summed E-state index contributed by atoms with van der Waals surface area (Å²) < 4.78 is 4.80. The molecule has 1 saturated heterocycles. The molecule has 0 radical (unpaired) electrons. The second kappa shape index (κ2) is 4.98. The summed E-state index contributed by atoms with van der Waals surface area (Å²) in [5, 5.41) is 11.9. The molecule has 0 amide bonds. The lowest BCUT2D eigenvalue weighted by Crippen LogP contribution is -2.22. The maximum atomic E-state index is 11.6. The van der Waals surface area contributed by atoms with Gasteiger partial charge in [0.2, 0.25) is 0 Å². The predicted octanol–water partition coefficient (Wildman–Crippen LogP) is 1.03. The molecule has 0 saturated carbocycles. The Hall–Kier alpha value is -1.86. The van der Waals surface area contributed by atoms with E-state index in [0.717, 1.165) is 12.1 Å². The third kappa shape index (κ3) is 2.29. The van der Waals surface area contributed by atoms with Crippen LogP contribution in [0.3, 0.4) is 0 Å². The molecule has 1 fully saturated rings. The van der Waals surface area contributed by atoms with E-state index in [1.807, 2.05) is 12.1 Å². The molecule has 17 heavy (non-hydrogen) atoms. The van der Waals surface area contributed by atoms with Gasteiger partial charge in [0.25, 0.3) is 0 Å². The van der Waals surface area contributed by atoms with Crippen LogP contribution in [0.1, 0.15) is 17.0 Å². The number of benzene rings is 1. The Morgan fingerprint density at radius 1 is 1.41 bits per heavy atom. The summed E-state index contributed by atoms with van der Waals surface area (Å²) in [7, 11) is 1.41. The fourth-order valence-corrected chi connectivity index (χ4v) is 2.23. The summed E-state index contributed by atoms with van der Waals surface area (Å²) in [4.78, 5) is 11.6.